The Kier molecular flexibility index (Phi) is 6.50. The van der Waals surface area contributed by atoms with E-state index in [1.807, 2.05) is 11.3 Å². The number of fused-ring (bicyclic) bond motifs is 10. The minimum absolute atomic E-state index is 1.01. The lowest BCUT2D eigenvalue weighted by atomic mass is 10.0. The van der Waals surface area contributed by atoms with Crippen LogP contribution in [0.25, 0.3) is 108 Å². The molecule has 0 saturated heterocycles. The van der Waals surface area contributed by atoms with Gasteiger partial charge in [-0.25, -0.2) is 4.98 Å². The van der Waals surface area contributed by atoms with E-state index < -0.39 is 0 Å². The summed E-state index contributed by atoms with van der Waals surface area (Å²) >= 11 is 1.83. The zero-order valence-corrected chi connectivity index (χ0v) is 30.5. The first-order chi connectivity index (χ1) is 27.3. The second kappa shape index (κ2) is 11.7. The van der Waals surface area contributed by atoms with E-state index in [0.717, 1.165) is 22.1 Å². The molecule has 0 aliphatic heterocycles. The zero-order valence-electron chi connectivity index (χ0n) is 29.6. The first-order valence-electron chi connectivity index (χ1n) is 18.7. The third-order valence-corrected chi connectivity index (χ3v) is 12.5. The van der Waals surface area contributed by atoms with Crippen molar-refractivity contribution in [2.75, 3.05) is 0 Å². The van der Waals surface area contributed by atoms with Gasteiger partial charge in [0.1, 0.15) is 0 Å². The lowest BCUT2D eigenvalue weighted by molar-refractivity contribution is 1.18. The molecule has 0 atom stereocenters. The average molecular weight is 718 g/mol. The number of rotatable bonds is 4. The molecule has 8 aromatic carbocycles. The van der Waals surface area contributed by atoms with Crippen LogP contribution in [-0.4, -0.2) is 14.1 Å². The van der Waals surface area contributed by atoms with Gasteiger partial charge in [-0.1, -0.05) is 127 Å². The Morgan fingerprint density at radius 1 is 0.364 bits per heavy atom. The quantitative estimate of drug-likeness (QED) is 0.178. The van der Waals surface area contributed by atoms with Crippen LogP contribution >= 0.6 is 11.3 Å². The normalized spacial score (nSPS) is 12.0. The molecular weight excluding hydrogens is 687 g/mol. The first kappa shape index (κ1) is 30.5. The maximum absolute atomic E-state index is 5.23. The summed E-state index contributed by atoms with van der Waals surface area (Å²) in [7, 11) is 0. The zero-order chi connectivity index (χ0) is 36.0. The summed E-state index contributed by atoms with van der Waals surface area (Å²) < 4.78 is 7.36. The number of aromatic nitrogens is 3. The highest BCUT2D eigenvalue weighted by Crippen LogP contribution is 2.44. The molecule has 55 heavy (non-hydrogen) atoms. The van der Waals surface area contributed by atoms with Crippen LogP contribution in [-0.2, 0) is 0 Å². The van der Waals surface area contributed by atoms with Crippen molar-refractivity contribution in [3.63, 3.8) is 0 Å². The van der Waals surface area contributed by atoms with Gasteiger partial charge in [0.25, 0.3) is 0 Å². The van der Waals surface area contributed by atoms with Gasteiger partial charge < -0.3 is 9.13 Å². The fraction of sp³-hybridized carbons (Fsp3) is 0. The van der Waals surface area contributed by atoms with Gasteiger partial charge >= 0.3 is 0 Å². The molecule has 256 valence electrons. The molecule has 0 spiro atoms. The summed E-state index contributed by atoms with van der Waals surface area (Å²) in [5.74, 6) is 0. The summed E-state index contributed by atoms with van der Waals surface area (Å²) in [4.78, 5) is 5.23. The van der Waals surface area contributed by atoms with Crippen molar-refractivity contribution in [1.29, 1.82) is 0 Å². The maximum atomic E-state index is 5.23. The van der Waals surface area contributed by atoms with Crippen LogP contribution in [0.2, 0.25) is 0 Å². The van der Waals surface area contributed by atoms with E-state index >= 15 is 0 Å². The number of hydrogen-bond donors (Lipinski definition) is 0. The predicted octanol–water partition coefficient (Wildman–Crippen LogP) is 14.1. The minimum atomic E-state index is 1.01. The Morgan fingerprint density at radius 2 is 0.909 bits per heavy atom. The molecule has 0 saturated carbocycles. The molecule has 4 heteroatoms. The number of para-hydroxylation sites is 3. The standard InChI is InChI=1S/C51H31N3S/c1-2-13-32(14-3-1)33-15-12-16-36(29-33)53-44-22-9-5-17-37(44)41-30-34(25-27-46(41)53)35-26-28-47-42(31-35)38-18-6-10-23-45(38)54(47)50-39-19-4-8-21-43(39)52-49-40-20-7-11-24-48(40)55-51(49)50/h1-31H. The summed E-state index contributed by atoms with van der Waals surface area (Å²) in [5.41, 5.74) is 14.1. The van der Waals surface area contributed by atoms with Gasteiger partial charge in [-0.2, -0.15) is 0 Å². The van der Waals surface area contributed by atoms with Crippen molar-refractivity contribution < 1.29 is 0 Å². The van der Waals surface area contributed by atoms with E-state index in [2.05, 4.69) is 197 Å². The van der Waals surface area contributed by atoms with Crippen LogP contribution in [0.3, 0.4) is 0 Å². The van der Waals surface area contributed by atoms with Crippen LogP contribution in [0.5, 0.6) is 0 Å². The lowest BCUT2D eigenvalue weighted by Crippen LogP contribution is -1.97. The molecule has 0 aliphatic rings. The molecule has 0 amide bonds. The van der Waals surface area contributed by atoms with E-state index in [1.165, 1.54) is 86.3 Å². The Labute approximate surface area is 320 Å². The Morgan fingerprint density at radius 3 is 1.65 bits per heavy atom. The number of pyridine rings is 1. The Balaban J connectivity index is 1.07. The van der Waals surface area contributed by atoms with Crippen LogP contribution in [0.4, 0.5) is 0 Å². The molecule has 0 radical (unpaired) electrons. The highest BCUT2D eigenvalue weighted by atomic mass is 32.1. The summed E-state index contributed by atoms with van der Waals surface area (Å²) in [6.07, 6.45) is 0. The fourth-order valence-electron chi connectivity index (χ4n) is 8.82. The maximum Gasteiger partial charge on any atom is 0.0917 e. The van der Waals surface area contributed by atoms with Crippen molar-refractivity contribution in [3.8, 4) is 33.6 Å². The van der Waals surface area contributed by atoms with Gasteiger partial charge in [-0.3, -0.25) is 0 Å². The van der Waals surface area contributed by atoms with Crippen LogP contribution in [0.15, 0.2) is 188 Å². The number of benzene rings is 8. The van der Waals surface area contributed by atoms with Gasteiger partial charge in [0.15, 0.2) is 0 Å². The Bertz CT molecular complexity index is 3490. The van der Waals surface area contributed by atoms with Gasteiger partial charge in [-0.05, 0) is 82.9 Å². The van der Waals surface area contributed by atoms with Crippen LogP contribution in [0.1, 0.15) is 0 Å². The summed E-state index contributed by atoms with van der Waals surface area (Å²) in [5, 5.41) is 7.34. The van der Waals surface area contributed by atoms with Crippen LogP contribution in [0, 0.1) is 0 Å². The van der Waals surface area contributed by atoms with Gasteiger partial charge in [0.2, 0.25) is 0 Å². The van der Waals surface area contributed by atoms with E-state index in [9.17, 15) is 0 Å². The lowest BCUT2D eigenvalue weighted by Gasteiger charge is -2.13. The molecule has 4 aromatic heterocycles. The summed E-state index contributed by atoms with van der Waals surface area (Å²) in [6.45, 7) is 0. The number of hydrogen-bond acceptors (Lipinski definition) is 2. The van der Waals surface area contributed by atoms with Crippen molar-refractivity contribution >= 4 is 86.2 Å². The SMILES string of the molecule is c1ccc(-c2cccc(-n3c4ccccc4c4cc(-c5ccc6c(c5)c5ccccc5n6-c5c6ccccc6nc6c5sc5ccccc56)ccc43)c2)cc1. The molecule has 0 bridgehead atoms. The first-order valence-corrected chi connectivity index (χ1v) is 19.5. The van der Waals surface area contributed by atoms with Crippen LogP contribution < -0.4 is 0 Å². The van der Waals surface area contributed by atoms with Crippen molar-refractivity contribution in [3.05, 3.63) is 188 Å². The molecule has 0 fully saturated rings. The van der Waals surface area contributed by atoms with Crippen molar-refractivity contribution in [2.24, 2.45) is 0 Å². The third kappa shape index (κ3) is 4.52. The molecule has 0 N–H and O–H groups in total. The highest BCUT2D eigenvalue weighted by molar-refractivity contribution is 7.26. The monoisotopic (exact) mass is 717 g/mol. The largest absolute Gasteiger partial charge is 0.309 e. The highest BCUT2D eigenvalue weighted by Gasteiger charge is 2.21. The van der Waals surface area contributed by atoms with Gasteiger partial charge in [-0.15, -0.1) is 11.3 Å². The molecule has 0 unspecified atom stereocenters. The molecular formula is C51H31N3S. The fourth-order valence-corrected chi connectivity index (χ4v) is 10.0. The van der Waals surface area contributed by atoms with E-state index in [4.69, 9.17) is 4.98 Å². The number of nitrogens with zero attached hydrogens (tertiary/aromatic N) is 3. The number of thiophene rings is 1. The van der Waals surface area contributed by atoms with E-state index in [-0.39, 0.29) is 0 Å². The molecule has 0 aliphatic carbocycles. The molecule has 3 nitrogen and oxygen atoms in total. The minimum Gasteiger partial charge on any atom is -0.309 e. The van der Waals surface area contributed by atoms with E-state index in [1.54, 1.807) is 0 Å². The molecule has 12 aromatic rings. The second-order valence-electron chi connectivity index (χ2n) is 14.3. The average Bonchev–Trinajstić information content (AvgIpc) is 3.90. The molecule has 12 rings (SSSR count). The van der Waals surface area contributed by atoms with Gasteiger partial charge in [0, 0.05) is 42.7 Å². The Hall–Kier alpha value is -7.01. The predicted molar refractivity (Wildman–Crippen MR) is 234 cm³/mol. The smallest absolute Gasteiger partial charge is 0.0917 e. The summed E-state index contributed by atoms with van der Waals surface area (Å²) in [6, 6.07) is 68.4. The second-order valence-corrected chi connectivity index (χ2v) is 15.4. The van der Waals surface area contributed by atoms with Gasteiger partial charge in [0.05, 0.1) is 43.5 Å². The third-order valence-electron chi connectivity index (χ3n) is 11.3. The van der Waals surface area contributed by atoms with Crippen molar-refractivity contribution in [2.45, 2.75) is 0 Å². The van der Waals surface area contributed by atoms with E-state index in [0.29, 0.717) is 0 Å². The topological polar surface area (TPSA) is 22.8 Å². The molecule has 4 heterocycles. The van der Waals surface area contributed by atoms with Crippen molar-refractivity contribution in [1.82, 2.24) is 14.1 Å².